The Kier molecular flexibility index (Phi) is 5.15. The molecule has 6 nitrogen and oxygen atoms in total. The first-order valence-corrected chi connectivity index (χ1v) is 7.06. The van der Waals surface area contributed by atoms with Gasteiger partial charge < -0.3 is 15.0 Å². The smallest absolute Gasteiger partial charge is 0.236 e. The van der Waals surface area contributed by atoms with Crippen LogP contribution in [0.5, 0.6) is 0 Å². The van der Waals surface area contributed by atoms with E-state index in [0.29, 0.717) is 45.9 Å². The molecule has 0 bridgehead atoms. The van der Waals surface area contributed by atoms with Crippen LogP contribution in [-0.2, 0) is 14.3 Å². The van der Waals surface area contributed by atoms with Crippen LogP contribution in [0.25, 0.3) is 0 Å². The molecule has 2 aliphatic heterocycles. The molecule has 6 heteroatoms. The lowest BCUT2D eigenvalue weighted by Crippen LogP contribution is -2.45. The quantitative estimate of drug-likeness (QED) is 0.733. The molecule has 0 spiro atoms. The first kappa shape index (κ1) is 14.3. The maximum absolute atomic E-state index is 12.1. The van der Waals surface area contributed by atoms with Gasteiger partial charge in [-0.05, 0) is 19.9 Å². The zero-order chi connectivity index (χ0) is 13.7. The molecule has 0 radical (unpaired) electrons. The molecule has 0 unspecified atom stereocenters. The zero-order valence-corrected chi connectivity index (χ0v) is 11.6. The Morgan fingerprint density at radius 3 is 2.68 bits per heavy atom. The Morgan fingerprint density at radius 2 is 2.00 bits per heavy atom. The van der Waals surface area contributed by atoms with E-state index in [1.54, 1.807) is 0 Å². The van der Waals surface area contributed by atoms with Crippen LogP contribution in [0.1, 0.15) is 13.3 Å². The van der Waals surface area contributed by atoms with Crippen LogP contribution < -0.4 is 5.32 Å². The first-order chi connectivity index (χ1) is 9.20. The number of amides is 2. The second-order valence-electron chi connectivity index (χ2n) is 5.11. The fraction of sp³-hybridized carbons (Fsp3) is 0.846. The predicted molar refractivity (Wildman–Crippen MR) is 70.6 cm³/mol. The lowest BCUT2D eigenvalue weighted by atomic mass is 10.1. The van der Waals surface area contributed by atoms with Crippen molar-refractivity contribution in [3.63, 3.8) is 0 Å². The molecule has 2 saturated heterocycles. The number of likely N-dealkylation sites (tertiary alicyclic amines) is 1. The third-order valence-electron chi connectivity index (χ3n) is 3.72. The van der Waals surface area contributed by atoms with Gasteiger partial charge in [0.2, 0.25) is 11.8 Å². The molecular weight excluding hydrogens is 246 g/mol. The Morgan fingerprint density at radius 1 is 1.26 bits per heavy atom. The van der Waals surface area contributed by atoms with Gasteiger partial charge in [0.25, 0.3) is 0 Å². The third-order valence-corrected chi connectivity index (χ3v) is 3.72. The minimum absolute atomic E-state index is 0.0393. The number of ether oxygens (including phenoxy) is 1. The van der Waals surface area contributed by atoms with E-state index < -0.39 is 0 Å². The van der Waals surface area contributed by atoms with Crippen LogP contribution in [0.2, 0.25) is 0 Å². The van der Waals surface area contributed by atoms with Gasteiger partial charge in [-0.25, -0.2) is 0 Å². The van der Waals surface area contributed by atoms with E-state index in [-0.39, 0.29) is 17.7 Å². The van der Waals surface area contributed by atoms with Gasteiger partial charge in [0.1, 0.15) is 0 Å². The zero-order valence-electron chi connectivity index (χ0n) is 11.6. The number of carbonyl (C=O) groups excluding carboxylic acids is 2. The molecule has 19 heavy (non-hydrogen) atoms. The number of morpholine rings is 1. The first-order valence-electron chi connectivity index (χ1n) is 7.06. The molecule has 2 amide bonds. The lowest BCUT2D eigenvalue weighted by molar-refractivity contribution is -0.136. The lowest BCUT2D eigenvalue weighted by Gasteiger charge is -2.28. The van der Waals surface area contributed by atoms with Crippen molar-refractivity contribution in [2.45, 2.75) is 13.3 Å². The summed E-state index contributed by atoms with van der Waals surface area (Å²) in [6.07, 6.45) is 0.849. The molecule has 0 aromatic heterocycles. The van der Waals surface area contributed by atoms with Crippen LogP contribution in [0.4, 0.5) is 0 Å². The summed E-state index contributed by atoms with van der Waals surface area (Å²) in [6.45, 7) is 7.18. The minimum Gasteiger partial charge on any atom is -0.378 e. The van der Waals surface area contributed by atoms with Gasteiger partial charge >= 0.3 is 0 Å². The summed E-state index contributed by atoms with van der Waals surface area (Å²) < 4.78 is 5.23. The molecule has 0 aliphatic carbocycles. The van der Waals surface area contributed by atoms with Gasteiger partial charge in [0.05, 0.1) is 25.7 Å². The summed E-state index contributed by atoms with van der Waals surface area (Å²) in [5, 5.41) is 2.85. The van der Waals surface area contributed by atoms with Crippen LogP contribution >= 0.6 is 0 Å². The normalized spacial score (nSPS) is 24.5. The Labute approximate surface area is 114 Å². The van der Waals surface area contributed by atoms with Crippen LogP contribution in [0, 0.1) is 5.92 Å². The third kappa shape index (κ3) is 3.91. The van der Waals surface area contributed by atoms with E-state index in [4.69, 9.17) is 4.74 Å². The van der Waals surface area contributed by atoms with E-state index in [0.717, 1.165) is 13.0 Å². The molecule has 1 N–H and O–H groups in total. The molecular formula is C13H23N3O3. The molecule has 0 saturated carbocycles. The highest BCUT2D eigenvalue weighted by Gasteiger charge is 2.30. The number of nitrogens with zero attached hydrogens (tertiary/aromatic N) is 2. The summed E-state index contributed by atoms with van der Waals surface area (Å²) in [6, 6.07) is 0. The highest BCUT2D eigenvalue weighted by molar-refractivity contribution is 5.80. The summed E-state index contributed by atoms with van der Waals surface area (Å²) in [5.74, 6) is 0.307. The van der Waals surface area contributed by atoms with E-state index in [1.165, 1.54) is 0 Å². The van der Waals surface area contributed by atoms with Crippen LogP contribution in [0.15, 0.2) is 0 Å². The van der Waals surface area contributed by atoms with Gasteiger partial charge in [-0.1, -0.05) is 0 Å². The van der Waals surface area contributed by atoms with Crippen molar-refractivity contribution in [1.82, 2.24) is 15.1 Å². The van der Waals surface area contributed by atoms with Crippen LogP contribution in [0.3, 0.4) is 0 Å². The maximum atomic E-state index is 12.1. The SMILES string of the molecule is CCNC(=O)[C@@H]1CCN(CC(=O)N2CCOCC2)C1. The largest absolute Gasteiger partial charge is 0.378 e. The van der Waals surface area contributed by atoms with Crippen molar-refractivity contribution >= 4 is 11.8 Å². The van der Waals surface area contributed by atoms with Crippen molar-refractivity contribution in [1.29, 1.82) is 0 Å². The molecule has 1 atom stereocenters. The second-order valence-corrected chi connectivity index (χ2v) is 5.11. The molecule has 0 aromatic rings. The van der Waals surface area contributed by atoms with Gasteiger partial charge in [-0.15, -0.1) is 0 Å². The van der Waals surface area contributed by atoms with Crippen molar-refractivity contribution in [2.24, 2.45) is 5.92 Å². The maximum Gasteiger partial charge on any atom is 0.236 e. The van der Waals surface area contributed by atoms with Crippen molar-refractivity contribution < 1.29 is 14.3 Å². The number of hydrogen-bond donors (Lipinski definition) is 1. The average molecular weight is 269 g/mol. The van der Waals surface area contributed by atoms with Crippen molar-refractivity contribution in [3.8, 4) is 0 Å². The fourth-order valence-corrected chi connectivity index (χ4v) is 2.61. The summed E-state index contributed by atoms with van der Waals surface area (Å²) in [4.78, 5) is 27.7. The molecule has 2 aliphatic rings. The number of carbonyl (C=O) groups is 2. The van der Waals surface area contributed by atoms with Gasteiger partial charge in [0.15, 0.2) is 0 Å². The second kappa shape index (κ2) is 6.86. The number of rotatable bonds is 4. The standard InChI is InChI=1S/C13H23N3O3/c1-2-14-13(18)11-3-4-15(9-11)10-12(17)16-5-7-19-8-6-16/h11H,2-10H2,1H3,(H,14,18)/t11-/m1/s1. The van der Waals surface area contributed by atoms with Gasteiger partial charge in [0, 0.05) is 26.2 Å². The molecule has 108 valence electrons. The molecule has 0 aromatic carbocycles. The van der Waals surface area contributed by atoms with Crippen molar-refractivity contribution in [2.75, 3.05) is 52.5 Å². The minimum atomic E-state index is 0.0393. The molecule has 2 heterocycles. The van der Waals surface area contributed by atoms with Crippen molar-refractivity contribution in [3.05, 3.63) is 0 Å². The summed E-state index contributed by atoms with van der Waals surface area (Å²) in [5.41, 5.74) is 0. The van der Waals surface area contributed by atoms with E-state index in [2.05, 4.69) is 10.2 Å². The Balaban J connectivity index is 1.75. The van der Waals surface area contributed by atoms with Crippen LogP contribution in [-0.4, -0.2) is 74.1 Å². The van der Waals surface area contributed by atoms with Gasteiger partial charge in [-0.3, -0.25) is 14.5 Å². The molecule has 2 fully saturated rings. The highest BCUT2D eigenvalue weighted by Crippen LogP contribution is 2.16. The molecule has 2 rings (SSSR count). The van der Waals surface area contributed by atoms with E-state index in [1.807, 2.05) is 11.8 Å². The van der Waals surface area contributed by atoms with Gasteiger partial charge in [-0.2, -0.15) is 0 Å². The Bertz CT molecular complexity index is 329. The summed E-state index contributed by atoms with van der Waals surface area (Å²) >= 11 is 0. The topological polar surface area (TPSA) is 61.9 Å². The summed E-state index contributed by atoms with van der Waals surface area (Å²) in [7, 11) is 0. The average Bonchev–Trinajstić information content (AvgIpc) is 2.88. The monoisotopic (exact) mass is 269 g/mol. The highest BCUT2D eigenvalue weighted by atomic mass is 16.5. The number of nitrogens with one attached hydrogen (secondary N) is 1. The van der Waals surface area contributed by atoms with E-state index in [9.17, 15) is 9.59 Å². The fourth-order valence-electron chi connectivity index (χ4n) is 2.61. The Hall–Kier alpha value is -1.14. The number of hydrogen-bond acceptors (Lipinski definition) is 4. The van der Waals surface area contributed by atoms with E-state index >= 15 is 0 Å². The predicted octanol–water partition coefficient (Wildman–Crippen LogP) is -0.697.